The third kappa shape index (κ3) is 6.27. The second-order valence-electron chi connectivity index (χ2n) is 5.35. The van der Waals surface area contributed by atoms with E-state index in [2.05, 4.69) is 78.2 Å². The van der Waals surface area contributed by atoms with E-state index in [1.54, 1.807) is 0 Å². The Morgan fingerprint density at radius 2 is 1.33 bits per heavy atom. The van der Waals surface area contributed by atoms with Gasteiger partial charge in [0.05, 0.1) is 0 Å². The zero-order chi connectivity index (χ0) is 15.6. The van der Waals surface area contributed by atoms with Gasteiger partial charge in [0, 0.05) is 5.33 Å². The summed E-state index contributed by atoms with van der Waals surface area (Å²) in [5, 5.41) is 0.929. The molecule has 0 fully saturated rings. The molecular weight excluding hydrogens is 340 g/mol. The Bertz CT molecular complexity index is 421. The smallest absolute Gasteiger partial charge is 0.0283 e. The standard InChI is InChI=1S/C19H27BrS/c1-4-13-21(14-5-2,15-6-3)16-7-8-18-9-11-19(17-20)12-10-18/h4-6,9-12H,1-3,7-8,13-17H2. The van der Waals surface area contributed by atoms with E-state index in [4.69, 9.17) is 0 Å². The van der Waals surface area contributed by atoms with Crippen LogP contribution in [0.15, 0.2) is 62.2 Å². The van der Waals surface area contributed by atoms with Crippen molar-refractivity contribution in [3.8, 4) is 0 Å². The van der Waals surface area contributed by atoms with E-state index in [1.807, 2.05) is 0 Å². The summed E-state index contributed by atoms with van der Waals surface area (Å²) in [6.07, 6.45) is 8.62. The van der Waals surface area contributed by atoms with Crippen molar-refractivity contribution in [3.05, 3.63) is 73.4 Å². The fourth-order valence-corrected chi connectivity index (χ4v) is 6.12. The van der Waals surface area contributed by atoms with E-state index in [0.29, 0.717) is 0 Å². The summed E-state index contributed by atoms with van der Waals surface area (Å²) in [6, 6.07) is 8.92. The summed E-state index contributed by atoms with van der Waals surface area (Å²) in [5.74, 6) is 4.63. The first-order valence-electron chi connectivity index (χ1n) is 7.40. The number of hydrogen-bond donors (Lipinski definition) is 0. The van der Waals surface area contributed by atoms with Crippen molar-refractivity contribution in [3.63, 3.8) is 0 Å². The van der Waals surface area contributed by atoms with Crippen LogP contribution in [0.1, 0.15) is 17.5 Å². The van der Waals surface area contributed by atoms with Crippen molar-refractivity contribution in [2.24, 2.45) is 0 Å². The van der Waals surface area contributed by atoms with E-state index >= 15 is 0 Å². The van der Waals surface area contributed by atoms with E-state index in [-0.39, 0.29) is 0 Å². The van der Waals surface area contributed by atoms with Crippen molar-refractivity contribution < 1.29 is 0 Å². The van der Waals surface area contributed by atoms with Crippen molar-refractivity contribution in [2.75, 3.05) is 23.0 Å². The third-order valence-corrected chi connectivity index (χ3v) is 8.26. The van der Waals surface area contributed by atoms with Gasteiger partial charge in [-0.2, -0.15) is 0 Å². The van der Waals surface area contributed by atoms with Crippen LogP contribution in [0.5, 0.6) is 0 Å². The highest BCUT2D eigenvalue weighted by Gasteiger charge is 2.19. The second kappa shape index (κ2) is 10.1. The van der Waals surface area contributed by atoms with Crippen molar-refractivity contribution in [1.82, 2.24) is 0 Å². The van der Waals surface area contributed by atoms with Crippen molar-refractivity contribution >= 4 is 26.0 Å². The molecule has 0 aromatic heterocycles. The zero-order valence-corrected chi connectivity index (χ0v) is 15.3. The minimum absolute atomic E-state index is 0.691. The number of hydrogen-bond acceptors (Lipinski definition) is 0. The van der Waals surface area contributed by atoms with Gasteiger partial charge in [-0.1, -0.05) is 58.4 Å². The Balaban J connectivity index is 2.60. The van der Waals surface area contributed by atoms with Gasteiger partial charge in [0.2, 0.25) is 0 Å². The van der Waals surface area contributed by atoms with Gasteiger partial charge in [-0.15, -0.1) is 19.7 Å². The summed E-state index contributed by atoms with van der Waals surface area (Å²) in [7, 11) is -0.691. The van der Waals surface area contributed by atoms with Gasteiger partial charge >= 0.3 is 0 Å². The molecule has 0 aliphatic rings. The minimum atomic E-state index is -0.691. The summed E-state index contributed by atoms with van der Waals surface area (Å²) < 4.78 is 0. The maximum atomic E-state index is 3.94. The summed E-state index contributed by atoms with van der Waals surface area (Å²) in [6.45, 7) is 11.8. The lowest BCUT2D eigenvalue weighted by Crippen LogP contribution is -2.15. The molecule has 1 aromatic carbocycles. The van der Waals surface area contributed by atoms with E-state index < -0.39 is 10.0 Å². The second-order valence-corrected chi connectivity index (χ2v) is 9.77. The molecule has 1 aromatic rings. The fraction of sp³-hybridized carbons (Fsp3) is 0.368. The SMILES string of the molecule is C=CCS(CC=C)(CC=C)CCCc1ccc(CBr)cc1. The summed E-state index contributed by atoms with van der Waals surface area (Å²) in [4.78, 5) is 0. The quantitative estimate of drug-likeness (QED) is 0.339. The topological polar surface area (TPSA) is 0 Å². The normalized spacial score (nSPS) is 11.9. The average Bonchev–Trinajstić information content (AvgIpc) is 2.49. The van der Waals surface area contributed by atoms with Crippen molar-refractivity contribution in [2.45, 2.75) is 18.2 Å². The molecule has 0 atom stereocenters. The highest BCUT2D eigenvalue weighted by molar-refractivity contribution is 9.08. The van der Waals surface area contributed by atoms with Gasteiger partial charge in [0.1, 0.15) is 0 Å². The van der Waals surface area contributed by atoms with Crippen LogP contribution in [0.25, 0.3) is 0 Å². The molecule has 0 N–H and O–H groups in total. The molecule has 0 radical (unpaired) electrons. The third-order valence-electron chi connectivity index (χ3n) is 3.63. The lowest BCUT2D eigenvalue weighted by Gasteiger charge is -2.38. The molecule has 0 saturated heterocycles. The number of aryl methyl sites for hydroxylation is 1. The van der Waals surface area contributed by atoms with Crippen LogP contribution in [-0.4, -0.2) is 23.0 Å². The van der Waals surface area contributed by atoms with Gasteiger partial charge in [-0.05, 0) is 47.0 Å². The Morgan fingerprint density at radius 1 is 0.857 bits per heavy atom. The molecule has 116 valence electrons. The molecule has 0 aliphatic carbocycles. The number of rotatable bonds is 11. The van der Waals surface area contributed by atoms with E-state index in [9.17, 15) is 0 Å². The van der Waals surface area contributed by atoms with Gasteiger partial charge in [0.25, 0.3) is 0 Å². The zero-order valence-electron chi connectivity index (χ0n) is 12.9. The molecule has 21 heavy (non-hydrogen) atoms. The molecule has 0 saturated carbocycles. The van der Waals surface area contributed by atoms with Crippen LogP contribution in [0.3, 0.4) is 0 Å². The van der Waals surface area contributed by atoms with Crippen molar-refractivity contribution in [1.29, 1.82) is 0 Å². The highest BCUT2D eigenvalue weighted by Crippen LogP contribution is 2.48. The number of halogens is 1. The molecule has 0 unspecified atom stereocenters. The Kier molecular flexibility index (Phi) is 8.79. The molecular formula is C19H27BrS. The predicted octanol–water partition coefficient (Wildman–Crippen LogP) is 5.88. The first-order valence-corrected chi connectivity index (χ1v) is 10.8. The summed E-state index contributed by atoms with van der Waals surface area (Å²) in [5.41, 5.74) is 2.77. The highest BCUT2D eigenvalue weighted by atomic mass is 79.9. The average molecular weight is 367 g/mol. The molecule has 0 nitrogen and oxygen atoms in total. The van der Waals surface area contributed by atoms with Crippen LogP contribution in [0.2, 0.25) is 0 Å². The maximum absolute atomic E-state index is 3.94. The minimum Gasteiger partial charge on any atom is -0.231 e. The van der Waals surface area contributed by atoms with E-state index in [1.165, 1.54) is 23.3 Å². The largest absolute Gasteiger partial charge is 0.231 e. The Hall–Kier alpha value is -0.730. The lowest BCUT2D eigenvalue weighted by atomic mass is 10.1. The van der Waals surface area contributed by atoms with Crippen LogP contribution in [0.4, 0.5) is 0 Å². The fourth-order valence-electron chi connectivity index (χ4n) is 2.58. The molecule has 0 bridgehead atoms. The van der Waals surface area contributed by atoms with Crippen LogP contribution < -0.4 is 0 Å². The first kappa shape index (κ1) is 18.3. The lowest BCUT2D eigenvalue weighted by molar-refractivity contribution is 0.925. The monoisotopic (exact) mass is 366 g/mol. The van der Waals surface area contributed by atoms with Gasteiger partial charge in [-0.25, -0.2) is 10.0 Å². The molecule has 2 heteroatoms. The molecule has 0 heterocycles. The summed E-state index contributed by atoms with van der Waals surface area (Å²) >= 11 is 3.49. The first-order chi connectivity index (χ1) is 10.2. The Morgan fingerprint density at radius 3 is 1.76 bits per heavy atom. The van der Waals surface area contributed by atoms with Crippen LogP contribution >= 0.6 is 26.0 Å². The molecule has 0 spiro atoms. The van der Waals surface area contributed by atoms with Gasteiger partial charge in [0.15, 0.2) is 0 Å². The number of benzene rings is 1. The predicted molar refractivity (Wildman–Crippen MR) is 105 cm³/mol. The molecule has 0 amide bonds. The van der Waals surface area contributed by atoms with Crippen LogP contribution in [0, 0.1) is 0 Å². The van der Waals surface area contributed by atoms with Gasteiger partial charge < -0.3 is 0 Å². The maximum Gasteiger partial charge on any atom is 0.0283 e. The molecule has 1 rings (SSSR count). The Labute approximate surface area is 140 Å². The van der Waals surface area contributed by atoms with E-state index in [0.717, 1.165) is 29.0 Å². The van der Waals surface area contributed by atoms with Crippen LogP contribution in [-0.2, 0) is 11.8 Å². The van der Waals surface area contributed by atoms with Gasteiger partial charge in [-0.3, -0.25) is 0 Å². The molecule has 0 aliphatic heterocycles. The number of alkyl halides is 1.